The fraction of sp³-hybridized carbons (Fsp3) is 0.417. The van der Waals surface area contributed by atoms with E-state index >= 15 is 0 Å². The van der Waals surface area contributed by atoms with E-state index in [1.807, 2.05) is 6.07 Å². The van der Waals surface area contributed by atoms with Crippen LogP contribution >= 0.6 is 34.2 Å². The molecule has 5 heteroatoms. The van der Waals surface area contributed by atoms with Crippen LogP contribution in [0.1, 0.15) is 23.2 Å². The zero-order valence-electron chi connectivity index (χ0n) is 9.37. The number of carbonyl (C=O) groups is 1. The minimum atomic E-state index is -0.0588. The van der Waals surface area contributed by atoms with Crippen LogP contribution in [0.5, 0.6) is 0 Å². The third-order valence-electron chi connectivity index (χ3n) is 2.94. The Kier molecular flexibility index (Phi) is 4.27. The monoisotopic (exact) mass is 365 g/mol. The molecule has 92 valence electrons. The molecule has 0 spiro atoms. The van der Waals surface area contributed by atoms with E-state index in [1.54, 1.807) is 19.2 Å². The number of hydrogen-bond donors (Lipinski definition) is 1. The van der Waals surface area contributed by atoms with Gasteiger partial charge in [0.25, 0.3) is 5.91 Å². The molecule has 17 heavy (non-hydrogen) atoms. The summed E-state index contributed by atoms with van der Waals surface area (Å²) in [4.78, 5) is 12.0. The zero-order chi connectivity index (χ0) is 12.4. The number of amides is 1. The van der Waals surface area contributed by atoms with E-state index in [-0.39, 0.29) is 11.9 Å². The molecule has 0 radical (unpaired) electrons. The number of methoxy groups -OCH3 is 1. The average molecular weight is 366 g/mol. The predicted molar refractivity (Wildman–Crippen MR) is 75.5 cm³/mol. The maximum Gasteiger partial charge on any atom is 0.252 e. The second-order valence-corrected chi connectivity index (χ2v) is 5.72. The van der Waals surface area contributed by atoms with Crippen LogP contribution in [0.15, 0.2) is 18.2 Å². The van der Waals surface area contributed by atoms with Gasteiger partial charge in [-0.1, -0.05) is 11.6 Å². The van der Waals surface area contributed by atoms with E-state index in [0.29, 0.717) is 16.7 Å². The van der Waals surface area contributed by atoms with Gasteiger partial charge in [-0.05, 0) is 53.6 Å². The lowest BCUT2D eigenvalue weighted by atomic mass is 9.89. The lowest BCUT2D eigenvalue weighted by Crippen LogP contribution is -2.47. The second kappa shape index (κ2) is 5.54. The smallest absolute Gasteiger partial charge is 0.252 e. The van der Waals surface area contributed by atoms with Gasteiger partial charge in [0.05, 0.1) is 11.7 Å². The quantitative estimate of drug-likeness (QED) is 0.837. The minimum Gasteiger partial charge on any atom is -0.381 e. The van der Waals surface area contributed by atoms with Gasteiger partial charge in [-0.2, -0.15) is 0 Å². The van der Waals surface area contributed by atoms with Crippen LogP contribution < -0.4 is 5.32 Å². The molecule has 1 aromatic rings. The van der Waals surface area contributed by atoms with Gasteiger partial charge in [0, 0.05) is 21.7 Å². The first-order chi connectivity index (χ1) is 8.10. The number of carbonyl (C=O) groups excluding carboxylic acids is 1. The Balaban J connectivity index is 1.98. The highest BCUT2D eigenvalue weighted by Crippen LogP contribution is 2.24. The predicted octanol–water partition coefficient (Wildman–Crippen LogP) is 2.85. The van der Waals surface area contributed by atoms with Crippen molar-refractivity contribution in [1.29, 1.82) is 0 Å². The van der Waals surface area contributed by atoms with Gasteiger partial charge in [0.2, 0.25) is 0 Å². The SMILES string of the molecule is COC1CC(NC(=O)c2cc(Cl)ccc2I)C1. The normalized spacial score (nSPS) is 23.0. The van der Waals surface area contributed by atoms with Gasteiger partial charge >= 0.3 is 0 Å². The van der Waals surface area contributed by atoms with Gasteiger partial charge in [0.1, 0.15) is 0 Å². The molecule has 3 nitrogen and oxygen atoms in total. The van der Waals surface area contributed by atoms with Crippen molar-refractivity contribution >= 4 is 40.1 Å². The summed E-state index contributed by atoms with van der Waals surface area (Å²) in [6.07, 6.45) is 2.07. The first-order valence-corrected chi connectivity index (χ1v) is 6.84. The van der Waals surface area contributed by atoms with Crippen LogP contribution in [0.2, 0.25) is 5.02 Å². The third-order valence-corrected chi connectivity index (χ3v) is 4.11. The summed E-state index contributed by atoms with van der Waals surface area (Å²) in [7, 11) is 1.70. The molecular formula is C12H13ClINO2. The maximum atomic E-state index is 12.0. The molecule has 2 rings (SSSR count). The molecule has 0 aliphatic heterocycles. The summed E-state index contributed by atoms with van der Waals surface area (Å²) in [5, 5.41) is 3.56. The summed E-state index contributed by atoms with van der Waals surface area (Å²) in [5.41, 5.74) is 0.638. The van der Waals surface area contributed by atoms with Crippen LogP contribution in [0, 0.1) is 3.57 Å². The molecule has 1 aliphatic carbocycles. The molecule has 0 aromatic heterocycles. The van der Waals surface area contributed by atoms with Gasteiger partial charge in [-0.3, -0.25) is 4.79 Å². The first kappa shape index (κ1) is 13.1. The van der Waals surface area contributed by atoms with Gasteiger partial charge < -0.3 is 10.1 Å². The molecule has 0 atom stereocenters. The summed E-state index contributed by atoms with van der Waals surface area (Å²) < 4.78 is 6.08. The summed E-state index contributed by atoms with van der Waals surface area (Å²) in [6, 6.07) is 5.55. The van der Waals surface area contributed by atoms with E-state index < -0.39 is 0 Å². The number of nitrogens with one attached hydrogen (secondary N) is 1. The van der Waals surface area contributed by atoms with Crippen LogP contribution in [0.3, 0.4) is 0 Å². The highest BCUT2D eigenvalue weighted by Gasteiger charge is 2.30. The molecule has 1 aromatic carbocycles. The molecule has 1 N–H and O–H groups in total. The fourth-order valence-electron chi connectivity index (χ4n) is 1.81. The second-order valence-electron chi connectivity index (χ2n) is 4.12. The average Bonchev–Trinajstić information content (AvgIpc) is 2.25. The highest BCUT2D eigenvalue weighted by atomic mass is 127. The van der Waals surface area contributed by atoms with Crippen molar-refractivity contribution in [2.45, 2.75) is 25.0 Å². The third kappa shape index (κ3) is 3.11. The summed E-state index contributed by atoms with van der Waals surface area (Å²) >= 11 is 8.02. The molecule has 1 fully saturated rings. The van der Waals surface area contributed by atoms with Gasteiger partial charge in [-0.25, -0.2) is 0 Å². The molecule has 1 aliphatic rings. The van der Waals surface area contributed by atoms with Crippen molar-refractivity contribution in [2.24, 2.45) is 0 Å². The van der Waals surface area contributed by atoms with Crippen LogP contribution in [0.25, 0.3) is 0 Å². The minimum absolute atomic E-state index is 0.0588. The molecule has 1 saturated carbocycles. The number of benzene rings is 1. The molecule has 0 bridgehead atoms. The van der Waals surface area contributed by atoms with E-state index in [0.717, 1.165) is 16.4 Å². The van der Waals surface area contributed by atoms with Crippen molar-refractivity contribution in [3.05, 3.63) is 32.4 Å². The molecule has 0 saturated heterocycles. The van der Waals surface area contributed by atoms with Crippen molar-refractivity contribution in [1.82, 2.24) is 5.32 Å². The Hall–Kier alpha value is -0.330. The summed E-state index contributed by atoms with van der Waals surface area (Å²) in [6.45, 7) is 0. The number of ether oxygens (including phenoxy) is 1. The van der Waals surface area contributed by atoms with Crippen molar-refractivity contribution in [3.63, 3.8) is 0 Å². The Morgan fingerprint density at radius 1 is 1.53 bits per heavy atom. The lowest BCUT2D eigenvalue weighted by Gasteiger charge is -2.34. The maximum absolute atomic E-state index is 12.0. The molecule has 1 amide bonds. The highest BCUT2D eigenvalue weighted by molar-refractivity contribution is 14.1. The standard InChI is InChI=1S/C12H13ClINO2/c1-17-9-5-8(6-9)15-12(16)10-4-7(13)2-3-11(10)14/h2-4,8-9H,5-6H2,1H3,(H,15,16). The lowest BCUT2D eigenvalue weighted by molar-refractivity contribution is 0.0176. The van der Waals surface area contributed by atoms with Crippen molar-refractivity contribution in [2.75, 3.05) is 7.11 Å². The van der Waals surface area contributed by atoms with E-state index in [2.05, 4.69) is 27.9 Å². The Morgan fingerprint density at radius 2 is 2.24 bits per heavy atom. The zero-order valence-corrected chi connectivity index (χ0v) is 12.3. The number of halogens is 2. The van der Waals surface area contributed by atoms with E-state index in [1.165, 1.54) is 0 Å². The number of hydrogen-bond acceptors (Lipinski definition) is 2. The van der Waals surface area contributed by atoms with E-state index in [9.17, 15) is 4.79 Å². The van der Waals surface area contributed by atoms with Gasteiger partial charge in [-0.15, -0.1) is 0 Å². The Morgan fingerprint density at radius 3 is 2.88 bits per heavy atom. The number of rotatable bonds is 3. The first-order valence-electron chi connectivity index (χ1n) is 5.39. The van der Waals surface area contributed by atoms with Crippen molar-refractivity contribution < 1.29 is 9.53 Å². The summed E-state index contributed by atoms with van der Waals surface area (Å²) in [5.74, 6) is -0.0588. The van der Waals surface area contributed by atoms with Crippen LogP contribution in [-0.2, 0) is 4.74 Å². The Labute approximate surface area is 119 Å². The fourth-order valence-corrected chi connectivity index (χ4v) is 2.56. The topological polar surface area (TPSA) is 38.3 Å². The van der Waals surface area contributed by atoms with Crippen LogP contribution in [-0.4, -0.2) is 25.2 Å². The Bertz CT molecular complexity index is 433. The van der Waals surface area contributed by atoms with Crippen LogP contribution in [0.4, 0.5) is 0 Å². The largest absolute Gasteiger partial charge is 0.381 e. The molecule has 0 heterocycles. The van der Waals surface area contributed by atoms with E-state index in [4.69, 9.17) is 16.3 Å². The van der Waals surface area contributed by atoms with Crippen molar-refractivity contribution in [3.8, 4) is 0 Å². The molecule has 0 unspecified atom stereocenters. The van der Waals surface area contributed by atoms with Gasteiger partial charge in [0.15, 0.2) is 0 Å². The molecular weight excluding hydrogens is 352 g/mol.